The Balaban J connectivity index is 2.24. The summed E-state index contributed by atoms with van der Waals surface area (Å²) in [6.45, 7) is 2.68. The third kappa shape index (κ3) is 3.60. The Labute approximate surface area is 170 Å². The van der Waals surface area contributed by atoms with Crippen LogP contribution < -0.4 is 21.3 Å². The number of fused-ring (bicyclic) bond motifs is 1. The average molecular weight is 421 g/mol. The number of hydrogen-bond acceptors (Lipinski definition) is 6. The quantitative estimate of drug-likeness (QED) is 0.742. The number of carbonyl (C=O) groups is 1. The number of aromatic nitrogens is 2. The maximum atomic E-state index is 13.0. The van der Waals surface area contributed by atoms with Crippen molar-refractivity contribution in [2.45, 2.75) is 19.5 Å². The van der Waals surface area contributed by atoms with E-state index in [1.807, 2.05) is 0 Å². The highest BCUT2D eigenvalue weighted by Gasteiger charge is 2.42. The molecule has 0 unspecified atom stereocenters. The topological polar surface area (TPSA) is 91.6 Å². The van der Waals surface area contributed by atoms with Gasteiger partial charge in [-0.25, -0.2) is 4.79 Å². The third-order valence-corrected chi connectivity index (χ3v) is 5.00. The molecule has 0 fully saturated rings. The van der Waals surface area contributed by atoms with Gasteiger partial charge in [0.15, 0.2) is 0 Å². The number of nitrogens with one attached hydrogen (secondary N) is 1. The zero-order valence-electron chi connectivity index (χ0n) is 16.6. The number of halogens is 2. The van der Waals surface area contributed by atoms with Gasteiger partial charge >= 0.3 is 18.3 Å². The van der Waals surface area contributed by atoms with Crippen LogP contribution in [-0.4, -0.2) is 28.3 Å². The minimum Gasteiger partial charge on any atom is -0.465 e. The lowest BCUT2D eigenvalue weighted by Gasteiger charge is -2.35. The summed E-state index contributed by atoms with van der Waals surface area (Å²) in [7, 11) is 2.83. The lowest BCUT2D eigenvalue weighted by atomic mass is 9.77. The molecule has 3 rings (SSSR count). The summed E-state index contributed by atoms with van der Waals surface area (Å²) in [4.78, 5) is 38.1. The van der Waals surface area contributed by atoms with Gasteiger partial charge in [0, 0.05) is 25.7 Å². The number of esters is 1. The number of carbonyl (C=O) groups excluding carboxylic acids is 1. The highest BCUT2D eigenvalue weighted by molar-refractivity contribution is 5.81. The smallest absolute Gasteiger partial charge is 0.387 e. The average Bonchev–Trinajstić information content (AvgIpc) is 2.70. The molecule has 0 saturated carbocycles. The molecule has 0 spiro atoms. The number of rotatable bonds is 5. The second-order valence-electron chi connectivity index (χ2n) is 6.77. The lowest BCUT2D eigenvalue weighted by molar-refractivity contribution is -0.147. The van der Waals surface area contributed by atoms with Crippen molar-refractivity contribution >= 4 is 11.8 Å². The molecule has 0 radical (unpaired) electrons. The zero-order valence-corrected chi connectivity index (χ0v) is 16.6. The first-order chi connectivity index (χ1) is 14.2. The van der Waals surface area contributed by atoms with Gasteiger partial charge in [0.05, 0.1) is 12.2 Å². The van der Waals surface area contributed by atoms with Crippen molar-refractivity contribution < 1.29 is 23.0 Å². The summed E-state index contributed by atoms with van der Waals surface area (Å²) in [5.74, 6) is -2.27. The first-order valence-corrected chi connectivity index (χ1v) is 9.14. The van der Waals surface area contributed by atoms with Gasteiger partial charge in [-0.2, -0.15) is 8.78 Å². The van der Waals surface area contributed by atoms with E-state index >= 15 is 0 Å². The van der Waals surface area contributed by atoms with Crippen LogP contribution in [0.15, 0.2) is 46.1 Å². The standard InChI is InChI=1S/C20H21F2N3O5/c1-5-29-18(27)13-10(2)23-16-15(17(26)25(4)20(28)24(16)3)14(13)11-6-8-12(9-7-11)30-19(21)22/h6-9,13-14,19,23H,2,5H2,1,3-4H3/t13-,14+/m1/s1. The summed E-state index contributed by atoms with van der Waals surface area (Å²) in [6, 6.07) is 5.62. The summed E-state index contributed by atoms with van der Waals surface area (Å²) in [6.07, 6.45) is 0. The summed E-state index contributed by atoms with van der Waals surface area (Å²) < 4.78 is 36.7. The van der Waals surface area contributed by atoms with E-state index in [1.54, 1.807) is 6.92 Å². The van der Waals surface area contributed by atoms with Crippen molar-refractivity contribution in [3.05, 3.63) is 68.5 Å². The summed E-state index contributed by atoms with van der Waals surface area (Å²) >= 11 is 0. The highest BCUT2D eigenvalue weighted by atomic mass is 19.3. The molecule has 2 atom stereocenters. The molecule has 1 aliphatic heterocycles. The second kappa shape index (κ2) is 8.13. The minimum atomic E-state index is -2.98. The van der Waals surface area contributed by atoms with Crippen molar-refractivity contribution in [3.63, 3.8) is 0 Å². The number of ether oxygens (including phenoxy) is 2. The molecule has 0 saturated heterocycles. The Hall–Kier alpha value is -3.43. The van der Waals surface area contributed by atoms with E-state index in [4.69, 9.17) is 4.74 Å². The van der Waals surface area contributed by atoms with Crippen LogP contribution in [0.2, 0.25) is 0 Å². The Kier molecular flexibility index (Phi) is 5.77. The largest absolute Gasteiger partial charge is 0.465 e. The summed E-state index contributed by atoms with van der Waals surface area (Å²) in [5, 5.41) is 2.89. The monoisotopic (exact) mass is 421 g/mol. The van der Waals surface area contributed by atoms with Crippen LogP contribution in [0, 0.1) is 5.92 Å². The maximum Gasteiger partial charge on any atom is 0.387 e. The molecule has 160 valence electrons. The van der Waals surface area contributed by atoms with E-state index in [0.717, 1.165) is 4.57 Å². The first-order valence-electron chi connectivity index (χ1n) is 9.14. The molecular formula is C20H21F2N3O5. The van der Waals surface area contributed by atoms with Crippen LogP contribution in [0.3, 0.4) is 0 Å². The molecule has 8 nitrogen and oxygen atoms in total. The third-order valence-electron chi connectivity index (χ3n) is 5.00. The van der Waals surface area contributed by atoms with E-state index in [2.05, 4.69) is 16.6 Å². The Morgan fingerprint density at radius 1 is 1.20 bits per heavy atom. The normalized spacial score (nSPS) is 18.0. The van der Waals surface area contributed by atoms with Gasteiger partial charge in [0.2, 0.25) is 0 Å². The second-order valence-corrected chi connectivity index (χ2v) is 6.77. The van der Waals surface area contributed by atoms with Gasteiger partial charge in [-0.3, -0.25) is 18.7 Å². The molecular weight excluding hydrogens is 400 g/mol. The highest BCUT2D eigenvalue weighted by Crippen LogP contribution is 2.42. The fourth-order valence-electron chi connectivity index (χ4n) is 3.63. The molecule has 1 aromatic heterocycles. The maximum absolute atomic E-state index is 13.0. The molecule has 1 aromatic carbocycles. The van der Waals surface area contributed by atoms with Crippen LogP contribution >= 0.6 is 0 Å². The van der Waals surface area contributed by atoms with E-state index < -0.39 is 35.7 Å². The summed E-state index contributed by atoms with van der Waals surface area (Å²) in [5.41, 5.74) is -0.225. The molecule has 2 heterocycles. The first kappa shape index (κ1) is 21.3. The van der Waals surface area contributed by atoms with Gasteiger partial charge in [0.1, 0.15) is 17.5 Å². The van der Waals surface area contributed by atoms with Gasteiger partial charge in [-0.15, -0.1) is 0 Å². The molecule has 0 bridgehead atoms. The van der Waals surface area contributed by atoms with Crippen molar-refractivity contribution in [2.24, 2.45) is 20.0 Å². The molecule has 2 aromatic rings. The van der Waals surface area contributed by atoms with Crippen LogP contribution in [0.25, 0.3) is 0 Å². The van der Waals surface area contributed by atoms with Crippen LogP contribution in [-0.2, 0) is 23.6 Å². The fraction of sp³-hybridized carbons (Fsp3) is 0.350. The number of anilines is 1. The zero-order chi connectivity index (χ0) is 22.2. The number of nitrogens with zero attached hydrogens (tertiary/aromatic N) is 2. The van der Waals surface area contributed by atoms with Gasteiger partial charge in [0.25, 0.3) is 5.56 Å². The number of benzene rings is 1. The molecule has 30 heavy (non-hydrogen) atoms. The Morgan fingerprint density at radius 2 is 1.83 bits per heavy atom. The van der Waals surface area contributed by atoms with E-state index in [0.29, 0.717) is 5.56 Å². The molecule has 0 aliphatic carbocycles. The van der Waals surface area contributed by atoms with Crippen molar-refractivity contribution in [2.75, 3.05) is 11.9 Å². The van der Waals surface area contributed by atoms with E-state index in [1.165, 1.54) is 42.9 Å². The van der Waals surface area contributed by atoms with E-state index in [9.17, 15) is 23.2 Å². The Bertz CT molecular complexity index is 1110. The van der Waals surface area contributed by atoms with Crippen LogP contribution in [0.4, 0.5) is 14.6 Å². The minimum absolute atomic E-state index is 0.0669. The van der Waals surface area contributed by atoms with E-state index in [-0.39, 0.29) is 29.4 Å². The molecule has 10 heteroatoms. The lowest BCUT2D eigenvalue weighted by Crippen LogP contribution is -2.46. The Morgan fingerprint density at radius 3 is 2.40 bits per heavy atom. The predicted molar refractivity (Wildman–Crippen MR) is 105 cm³/mol. The van der Waals surface area contributed by atoms with Gasteiger partial charge < -0.3 is 14.8 Å². The number of hydrogen-bond donors (Lipinski definition) is 1. The van der Waals surface area contributed by atoms with Crippen molar-refractivity contribution in [1.82, 2.24) is 9.13 Å². The van der Waals surface area contributed by atoms with Gasteiger partial charge in [-0.05, 0) is 24.6 Å². The van der Waals surface area contributed by atoms with Crippen LogP contribution in [0.5, 0.6) is 5.75 Å². The molecule has 1 N–H and O–H groups in total. The van der Waals surface area contributed by atoms with Crippen molar-refractivity contribution in [1.29, 1.82) is 0 Å². The van der Waals surface area contributed by atoms with Gasteiger partial charge in [-0.1, -0.05) is 18.7 Å². The van der Waals surface area contributed by atoms with Crippen molar-refractivity contribution in [3.8, 4) is 5.75 Å². The SMILES string of the molecule is C=C1Nc2c(c(=O)n(C)c(=O)n2C)[C@@H](c2ccc(OC(F)F)cc2)[C@@H]1C(=O)OCC. The molecule has 0 amide bonds. The number of alkyl halides is 2. The molecule has 1 aliphatic rings. The van der Waals surface area contributed by atoms with Crippen LogP contribution in [0.1, 0.15) is 24.0 Å². The predicted octanol–water partition coefficient (Wildman–Crippen LogP) is 1.94. The fourth-order valence-corrected chi connectivity index (χ4v) is 3.63.